The average Bonchev–Trinajstić information content (AvgIpc) is 3.71. The summed E-state index contributed by atoms with van der Waals surface area (Å²) in [5.41, 5.74) is 18.4. The third-order valence-electron chi connectivity index (χ3n) is 12.6. The number of rotatable bonds is 7. The third-order valence-corrected chi connectivity index (χ3v) is 64.5. The van der Waals surface area contributed by atoms with Crippen LogP contribution in [-0.4, -0.2) is 5.92 Å². The third kappa shape index (κ3) is 6.56. The predicted molar refractivity (Wildman–Crippen MR) is 239 cm³/mol. The van der Waals surface area contributed by atoms with Crippen LogP contribution in [0.5, 0.6) is 0 Å². The molecule has 2 atom stereocenters. The first-order valence-corrected chi connectivity index (χ1v) is 36.2. The molecule has 5 aromatic carbocycles. The van der Waals surface area contributed by atoms with Gasteiger partial charge in [-0.1, -0.05) is 0 Å². The van der Waals surface area contributed by atoms with E-state index in [2.05, 4.69) is 197 Å². The minimum absolute atomic E-state index is 0.00623. The summed E-state index contributed by atoms with van der Waals surface area (Å²) in [6.07, 6.45) is 4.95. The van der Waals surface area contributed by atoms with Crippen molar-refractivity contribution in [3.63, 3.8) is 0 Å². The van der Waals surface area contributed by atoms with Gasteiger partial charge < -0.3 is 0 Å². The van der Waals surface area contributed by atoms with Crippen LogP contribution in [0.2, 0.25) is 13.1 Å². The van der Waals surface area contributed by atoms with E-state index in [4.69, 9.17) is 17.0 Å². The van der Waals surface area contributed by atoms with Gasteiger partial charge in [0, 0.05) is 0 Å². The second-order valence-electron chi connectivity index (χ2n) is 18.8. The van der Waals surface area contributed by atoms with Crippen LogP contribution < -0.4 is 0 Å². The van der Waals surface area contributed by atoms with Gasteiger partial charge in [-0.25, -0.2) is 0 Å². The molecular weight excluding hydrogens is 791 g/mol. The first-order chi connectivity index (χ1) is 25.3. The molecule has 2 aliphatic rings. The summed E-state index contributed by atoms with van der Waals surface area (Å²) in [6.45, 7) is 25.6. The second-order valence-corrected chi connectivity index (χ2v) is 61.3. The molecule has 0 saturated carbocycles. The van der Waals surface area contributed by atoms with Gasteiger partial charge in [-0.05, 0) is 0 Å². The van der Waals surface area contributed by atoms with Crippen molar-refractivity contribution in [2.24, 2.45) is 5.92 Å². The van der Waals surface area contributed by atoms with Crippen molar-refractivity contribution in [2.45, 2.75) is 93.5 Å². The molecular formula is C50H57Cl2SiZr. The molecule has 0 aromatic heterocycles. The predicted octanol–water partition coefficient (Wildman–Crippen LogP) is 15.5. The molecule has 279 valence electrons. The van der Waals surface area contributed by atoms with Crippen LogP contribution in [0.25, 0.3) is 45.5 Å². The standard InChI is InChI=1S/C26H25.C22H25.C2H7Si.2ClH.Zr/c1-18-16-24-22(19-8-6-5-7-9-19)14-15-23(25(24)17-18)20-10-12-21(13-11-20)26(2,3)4;1-15(2)18-13-17-7-6-8-20(21(17)14-18)16-9-11-19(12-10-16)22(3,4)5;1-3-2;;;/h5-17H,1-4H3;6-15H,1-5H3;3H,1-2H3;2*1H;/q;;;;;+2/p-2. The Kier molecular flexibility index (Phi) is 10.3. The Bertz CT molecular complexity index is 2280. The summed E-state index contributed by atoms with van der Waals surface area (Å²) in [7, 11) is 17.8. The van der Waals surface area contributed by atoms with Gasteiger partial charge in [-0.15, -0.1) is 0 Å². The van der Waals surface area contributed by atoms with Crippen LogP contribution in [0, 0.1) is 5.92 Å². The molecule has 0 radical (unpaired) electrons. The van der Waals surface area contributed by atoms with Crippen molar-refractivity contribution in [3.8, 4) is 33.4 Å². The maximum absolute atomic E-state index is 8.88. The Labute approximate surface area is 334 Å². The summed E-state index contributed by atoms with van der Waals surface area (Å²) in [5, 5.41) is 0. The summed E-state index contributed by atoms with van der Waals surface area (Å²) in [6, 6.07) is 40.9. The topological polar surface area (TPSA) is 0 Å². The van der Waals surface area contributed by atoms with Crippen LogP contribution in [0.15, 0.2) is 120 Å². The Morgan fingerprint density at radius 2 is 1.06 bits per heavy atom. The monoisotopic (exact) mass is 845 g/mol. The molecule has 4 heteroatoms. The summed E-state index contributed by atoms with van der Waals surface area (Å²) in [5.74, 6) is -1.44. The molecule has 2 unspecified atom stereocenters. The zero-order valence-electron chi connectivity index (χ0n) is 34.1. The van der Waals surface area contributed by atoms with E-state index >= 15 is 0 Å². The fourth-order valence-electron chi connectivity index (χ4n) is 9.40. The van der Waals surface area contributed by atoms with Gasteiger partial charge in [-0.2, -0.15) is 0 Å². The quantitative estimate of drug-likeness (QED) is 0.143. The van der Waals surface area contributed by atoms with Gasteiger partial charge in [0.25, 0.3) is 0 Å². The molecule has 0 heterocycles. The van der Waals surface area contributed by atoms with Gasteiger partial charge in [0.1, 0.15) is 0 Å². The maximum atomic E-state index is 8.88. The molecule has 0 N–H and O–H groups in total. The number of allylic oxidation sites excluding steroid dienone is 2. The van der Waals surface area contributed by atoms with Crippen LogP contribution in [-0.2, 0) is 26.4 Å². The molecule has 5 aromatic rings. The van der Waals surface area contributed by atoms with Crippen molar-refractivity contribution in [1.29, 1.82) is 0 Å². The normalized spacial score (nSPS) is 17.9. The van der Waals surface area contributed by atoms with Crippen molar-refractivity contribution in [1.82, 2.24) is 0 Å². The Morgan fingerprint density at radius 1 is 0.556 bits per heavy atom. The van der Waals surface area contributed by atoms with E-state index in [0.717, 1.165) is 0 Å². The zero-order valence-corrected chi connectivity index (χ0v) is 39.2. The number of hydrogen-bond acceptors (Lipinski definition) is 0. The van der Waals surface area contributed by atoms with Crippen LogP contribution in [0.4, 0.5) is 0 Å². The van der Waals surface area contributed by atoms with Gasteiger partial charge in [0.05, 0.1) is 0 Å². The first-order valence-electron chi connectivity index (χ1n) is 19.9. The molecule has 0 bridgehead atoms. The molecule has 2 aliphatic carbocycles. The van der Waals surface area contributed by atoms with E-state index in [9.17, 15) is 0 Å². The fourth-order valence-corrected chi connectivity index (χ4v) is 41.5. The summed E-state index contributed by atoms with van der Waals surface area (Å²) in [4.78, 5) is 0. The van der Waals surface area contributed by atoms with Crippen LogP contribution in [0.3, 0.4) is 0 Å². The molecule has 0 fully saturated rings. The van der Waals surface area contributed by atoms with E-state index in [1.54, 1.807) is 0 Å². The van der Waals surface area contributed by atoms with Crippen molar-refractivity contribution < 1.29 is 15.6 Å². The van der Waals surface area contributed by atoms with E-state index < -0.39 is 21.5 Å². The molecule has 0 aliphatic heterocycles. The Balaban J connectivity index is 1.47. The van der Waals surface area contributed by atoms with Crippen molar-refractivity contribution in [3.05, 3.63) is 154 Å². The fraction of sp³-hybridized carbons (Fsp3) is 0.320. The Hall–Kier alpha value is -2.74. The van der Waals surface area contributed by atoms with E-state index in [1.165, 1.54) is 77.9 Å². The summed E-state index contributed by atoms with van der Waals surface area (Å²) >= 11 is -5.04. The van der Waals surface area contributed by atoms with E-state index in [-0.39, 0.29) is 18.1 Å². The van der Waals surface area contributed by atoms with Gasteiger partial charge in [-0.3, -0.25) is 0 Å². The van der Waals surface area contributed by atoms with Gasteiger partial charge in [0.15, 0.2) is 0 Å². The average molecular weight is 848 g/mol. The molecule has 0 amide bonds. The number of hydrogen-bond donors (Lipinski definition) is 0. The Morgan fingerprint density at radius 3 is 1.56 bits per heavy atom. The molecule has 54 heavy (non-hydrogen) atoms. The first kappa shape index (κ1) is 39.5. The molecule has 0 nitrogen and oxygen atoms in total. The van der Waals surface area contributed by atoms with Crippen LogP contribution >= 0.6 is 17.0 Å². The van der Waals surface area contributed by atoms with Gasteiger partial charge in [0.2, 0.25) is 0 Å². The zero-order chi connectivity index (χ0) is 39.0. The van der Waals surface area contributed by atoms with Crippen LogP contribution in [0.1, 0.15) is 103 Å². The molecule has 7 rings (SSSR count). The molecule has 0 spiro atoms. The van der Waals surface area contributed by atoms with Crippen molar-refractivity contribution in [2.75, 3.05) is 0 Å². The SMILES string of the molecule is CC1=Cc2c(-c3ccc(C(C)(C)C)cc3)ccc(-c3ccccc3)c2[CH]1[Zr]([Cl])([Cl])([CH]1C(C(C)C)=Cc2c(-c3ccc(C(C)(C)C)cc3)cccc21)[SiH](C)C. The summed E-state index contributed by atoms with van der Waals surface area (Å²) < 4.78 is 0.0242. The van der Waals surface area contributed by atoms with Crippen molar-refractivity contribution >= 4 is 35.1 Å². The second kappa shape index (κ2) is 14.0. The number of halogens is 2. The van der Waals surface area contributed by atoms with Gasteiger partial charge >= 0.3 is 337 Å². The van der Waals surface area contributed by atoms with E-state index in [0.29, 0.717) is 5.92 Å². The molecule has 0 saturated heterocycles. The van der Waals surface area contributed by atoms with E-state index in [1.807, 2.05) is 0 Å². The minimum atomic E-state index is -5.04. The number of benzene rings is 5. The number of fused-ring (bicyclic) bond motifs is 2.